The van der Waals surface area contributed by atoms with Crippen LogP contribution in [0, 0.1) is 5.82 Å². The van der Waals surface area contributed by atoms with E-state index in [-0.39, 0.29) is 17.8 Å². The normalized spacial score (nSPS) is 20.6. The van der Waals surface area contributed by atoms with Gasteiger partial charge in [0.2, 0.25) is 5.91 Å². The van der Waals surface area contributed by atoms with Gasteiger partial charge < -0.3 is 10.2 Å². The number of benzene rings is 1. The Morgan fingerprint density at radius 3 is 2.88 bits per heavy atom. The molecule has 0 bridgehead atoms. The number of anilines is 1. The lowest BCUT2D eigenvalue weighted by atomic mass is 10.2. The maximum atomic E-state index is 13.7. The summed E-state index contributed by atoms with van der Waals surface area (Å²) < 4.78 is 14.3. The minimum absolute atomic E-state index is 0.0756. The van der Waals surface area contributed by atoms with Crippen molar-refractivity contribution < 1.29 is 9.18 Å². The molecule has 5 heteroatoms. The highest BCUT2D eigenvalue weighted by Crippen LogP contribution is 2.32. The van der Waals surface area contributed by atoms with E-state index >= 15 is 0 Å². The maximum Gasteiger partial charge on any atom is 0.244 e. The van der Waals surface area contributed by atoms with Crippen LogP contribution in [-0.2, 0) is 4.79 Å². The van der Waals surface area contributed by atoms with Crippen LogP contribution in [-0.4, -0.2) is 25.5 Å². The number of hydrogen-bond acceptors (Lipinski definition) is 2. The van der Waals surface area contributed by atoms with Crippen LogP contribution in [0.3, 0.4) is 0 Å². The number of halogens is 2. The van der Waals surface area contributed by atoms with Crippen LogP contribution in [0.15, 0.2) is 22.7 Å². The molecule has 1 atom stereocenters. The average molecular weight is 287 g/mol. The molecule has 0 aliphatic carbocycles. The lowest BCUT2D eigenvalue weighted by Gasteiger charge is -2.18. The molecular weight excluding hydrogens is 275 g/mol. The number of nitrogens with zero attached hydrogens (tertiary/aromatic N) is 1. The highest BCUT2D eigenvalue weighted by Gasteiger charge is 2.33. The minimum atomic E-state index is -0.375. The number of nitrogens with one attached hydrogen (secondary N) is 1. The molecule has 86 valence electrons. The van der Waals surface area contributed by atoms with Crippen molar-refractivity contribution in [2.45, 2.75) is 12.5 Å². The maximum absolute atomic E-state index is 13.7. The molecule has 0 spiro atoms. The Labute approximate surface area is 102 Å². The Balaban J connectivity index is 2.36. The molecule has 2 rings (SSSR count). The van der Waals surface area contributed by atoms with Crippen molar-refractivity contribution in [1.82, 2.24) is 5.32 Å². The number of carbonyl (C=O) groups excluding carboxylic acids is 1. The number of likely N-dealkylation sites (N-methyl/N-ethyl adjacent to an activating group) is 1. The monoisotopic (exact) mass is 286 g/mol. The summed E-state index contributed by atoms with van der Waals surface area (Å²) in [7, 11) is 1.74. The summed E-state index contributed by atoms with van der Waals surface area (Å²) >= 11 is 3.27. The highest BCUT2D eigenvalue weighted by atomic mass is 79.9. The van der Waals surface area contributed by atoms with E-state index in [0.717, 1.165) is 0 Å². The van der Waals surface area contributed by atoms with E-state index in [1.54, 1.807) is 19.2 Å². The first kappa shape index (κ1) is 11.5. The van der Waals surface area contributed by atoms with Gasteiger partial charge in [0.25, 0.3) is 0 Å². The molecule has 0 saturated carbocycles. The molecule has 1 aliphatic heterocycles. The number of rotatable bonds is 2. The molecule has 1 saturated heterocycles. The third-order valence-corrected chi connectivity index (χ3v) is 3.40. The van der Waals surface area contributed by atoms with E-state index in [4.69, 9.17) is 0 Å². The molecule has 1 amide bonds. The molecule has 1 aromatic rings. The lowest BCUT2D eigenvalue weighted by molar-refractivity contribution is -0.118. The SMILES string of the molecule is CNC1CCN(c2c(F)cccc2Br)C1=O. The molecule has 1 unspecified atom stereocenters. The fourth-order valence-electron chi connectivity index (χ4n) is 1.92. The smallest absolute Gasteiger partial charge is 0.244 e. The van der Waals surface area contributed by atoms with Crippen LogP contribution in [0.1, 0.15) is 6.42 Å². The summed E-state index contributed by atoms with van der Waals surface area (Å²) in [6, 6.07) is 4.50. The quantitative estimate of drug-likeness (QED) is 0.901. The first-order chi connectivity index (χ1) is 7.65. The molecule has 1 fully saturated rings. The molecule has 0 aromatic heterocycles. The fourth-order valence-corrected chi connectivity index (χ4v) is 2.47. The summed E-state index contributed by atoms with van der Waals surface area (Å²) in [4.78, 5) is 13.4. The summed E-state index contributed by atoms with van der Waals surface area (Å²) in [5.74, 6) is -0.451. The summed E-state index contributed by atoms with van der Waals surface area (Å²) in [6.45, 7) is 0.546. The van der Waals surface area contributed by atoms with E-state index in [1.807, 2.05) is 0 Å². The first-order valence-corrected chi connectivity index (χ1v) is 5.87. The molecule has 3 nitrogen and oxygen atoms in total. The van der Waals surface area contributed by atoms with E-state index in [1.165, 1.54) is 11.0 Å². The topological polar surface area (TPSA) is 32.3 Å². The second-order valence-electron chi connectivity index (χ2n) is 3.69. The van der Waals surface area contributed by atoms with Gasteiger partial charge in [-0.3, -0.25) is 4.79 Å². The highest BCUT2D eigenvalue weighted by molar-refractivity contribution is 9.10. The summed E-state index contributed by atoms with van der Waals surface area (Å²) in [5.41, 5.74) is 0.338. The molecule has 1 heterocycles. The van der Waals surface area contributed by atoms with Gasteiger partial charge in [-0.25, -0.2) is 4.39 Å². The van der Waals surface area contributed by atoms with Crippen LogP contribution >= 0.6 is 15.9 Å². The van der Waals surface area contributed by atoms with Gasteiger partial charge in [0.05, 0.1) is 11.7 Å². The van der Waals surface area contributed by atoms with Crippen LogP contribution in [0.2, 0.25) is 0 Å². The summed E-state index contributed by atoms with van der Waals surface area (Å²) in [5, 5.41) is 2.92. The van der Waals surface area contributed by atoms with E-state index in [9.17, 15) is 9.18 Å². The van der Waals surface area contributed by atoms with Gasteiger partial charge in [0.1, 0.15) is 5.82 Å². The van der Waals surface area contributed by atoms with Gasteiger partial charge in [-0.15, -0.1) is 0 Å². The first-order valence-electron chi connectivity index (χ1n) is 5.08. The van der Waals surface area contributed by atoms with Gasteiger partial charge in [-0.05, 0) is 41.5 Å². The van der Waals surface area contributed by atoms with Crippen LogP contribution in [0.5, 0.6) is 0 Å². The Kier molecular flexibility index (Phi) is 3.25. The largest absolute Gasteiger partial charge is 0.309 e. The third kappa shape index (κ3) is 1.85. The zero-order chi connectivity index (χ0) is 11.7. The number of carbonyl (C=O) groups is 1. The third-order valence-electron chi connectivity index (χ3n) is 2.76. The van der Waals surface area contributed by atoms with Gasteiger partial charge in [-0.2, -0.15) is 0 Å². The zero-order valence-electron chi connectivity index (χ0n) is 8.84. The van der Waals surface area contributed by atoms with Crippen molar-refractivity contribution in [1.29, 1.82) is 0 Å². The average Bonchev–Trinajstić information content (AvgIpc) is 2.60. The van der Waals surface area contributed by atoms with Gasteiger partial charge in [0, 0.05) is 11.0 Å². The second-order valence-corrected chi connectivity index (χ2v) is 4.54. The number of hydrogen-bond donors (Lipinski definition) is 1. The van der Waals surface area contributed by atoms with E-state index in [0.29, 0.717) is 23.1 Å². The Hall–Kier alpha value is -0.940. The van der Waals surface area contributed by atoms with Crippen molar-refractivity contribution in [3.8, 4) is 0 Å². The molecular formula is C11H12BrFN2O. The zero-order valence-corrected chi connectivity index (χ0v) is 10.4. The fraction of sp³-hybridized carbons (Fsp3) is 0.364. The number of amides is 1. The molecule has 1 aromatic carbocycles. The predicted octanol–water partition coefficient (Wildman–Crippen LogP) is 1.91. The standard InChI is InChI=1S/C11H12BrFN2O/c1-14-9-5-6-15(11(9)16)10-7(12)3-2-4-8(10)13/h2-4,9,14H,5-6H2,1H3. The number of para-hydroxylation sites is 1. The van der Waals surface area contributed by atoms with Crippen molar-refractivity contribution in [3.63, 3.8) is 0 Å². The summed E-state index contributed by atoms with van der Waals surface area (Å²) in [6.07, 6.45) is 0.704. The van der Waals surface area contributed by atoms with Gasteiger partial charge >= 0.3 is 0 Å². The van der Waals surface area contributed by atoms with Crippen LogP contribution in [0.4, 0.5) is 10.1 Å². The van der Waals surface area contributed by atoms with Crippen LogP contribution < -0.4 is 10.2 Å². The Morgan fingerprint density at radius 1 is 1.56 bits per heavy atom. The molecule has 0 radical (unpaired) electrons. The van der Waals surface area contributed by atoms with Gasteiger partial charge in [-0.1, -0.05) is 6.07 Å². The molecule has 1 N–H and O–H groups in total. The second kappa shape index (κ2) is 4.51. The lowest BCUT2D eigenvalue weighted by Crippen LogP contribution is -2.36. The molecule has 1 aliphatic rings. The molecule has 16 heavy (non-hydrogen) atoms. The Morgan fingerprint density at radius 2 is 2.31 bits per heavy atom. The van der Waals surface area contributed by atoms with Crippen molar-refractivity contribution in [3.05, 3.63) is 28.5 Å². The van der Waals surface area contributed by atoms with E-state index < -0.39 is 0 Å². The van der Waals surface area contributed by atoms with Gasteiger partial charge in [0.15, 0.2) is 0 Å². The van der Waals surface area contributed by atoms with Crippen molar-refractivity contribution in [2.24, 2.45) is 0 Å². The van der Waals surface area contributed by atoms with E-state index in [2.05, 4.69) is 21.2 Å². The Bertz CT molecular complexity index is 404. The minimum Gasteiger partial charge on any atom is -0.309 e. The predicted molar refractivity (Wildman–Crippen MR) is 63.9 cm³/mol. The van der Waals surface area contributed by atoms with Crippen molar-refractivity contribution in [2.75, 3.05) is 18.5 Å². The van der Waals surface area contributed by atoms with Crippen LogP contribution in [0.25, 0.3) is 0 Å². The van der Waals surface area contributed by atoms with Crippen molar-refractivity contribution >= 4 is 27.5 Å².